The van der Waals surface area contributed by atoms with Gasteiger partial charge in [-0.25, -0.2) is 0 Å². The van der Waals surface area contributed by atoms with Crippen molar-refractivity contribution in [1.29, 1.82) is 0 Å². The molecular formula is C17H25NO3. The minimum absolute atomic E-state index is 0.0871. The SMILES string of the molecule is COCCC1CCN(C(=O)C(C)Oc2ccccc2)CC1. The average Bonchev–Trinajstić information content (AvgIpc) is 2.53. The molecule has 0 spiro atoms. The number of likely N-dealkylation sites (tertiary alicyclic amines) is 1. The fourth-order valence-electron chi connectivity index (χ4n) is 2.74. The van der Waals surface area contributed by atoms with E-state index in [0.717, 1.165) is 44.7 Å². The summed E-state index contributed by atoms with van der Waals surface area (Å²) < 4.78 is 10.8. The van der Waals surface area contributed by atoms with Gasteiger partial charge in [0.1, 0.15) is 5.75 Å². The van der Waals surface area contributed by atoms with Gasteiger partial charge in [0.2, 0.25) is 0 Å². The van der Waals surface area contributed by atoms with Crippen LogP contribution in [-0.4, -0.2) is 43.7 Å². The van der Waals surface area contributed by atoms with Crippen LogP contribution in [0.5, 0.6) is 5.75 Å². The first kappa shape index (κ1) is 15.8. The zero-order chi connectivity index (χ0) is 15.1. The number of para-hydroxylation sites is 1. The monoisotopic (exact) mass is 291 g/mol. The van der Waals surface area contributed by atoms with E-state index in [9.17, 15) is 4.79 Å². The van der Waals surface area contributed by atoms with Crippen molar-refractivity contribution in [2.24, 2.45) is 5.92 Å². The van der Waals surface area contributed by atoms with Crippen LogP contribution in [-0.2, 0) is 9.53 Å². The number of rotatable bonds is 6. The van der Waals surface area contributed by atoms with Crippen molar-refractivity contribution in [3.63, 3.8) is 0 Å². The second kappa shape index (κ2) is 8.03. The zero-order valence-corrected chi connectivity index (χ0v) is 13.0. The van der Waals surface area contributed by atoms with Crippen LogP contribution in [0.3, 0.4) is 0 Å². The summed E-state index contributed by atoms with van der Waals surface area (Å²) in [6.07, 6.45) is 2.79. The molecule has 0 N–H and O–H groups in total. The third kappa shape index (κ3) is 4.74. The smallest absolute Gasteiger partial charge is 0.263 e. The van der Waals surface area contributed by atoms with E-state index in [0.29, 0.717) is 5.92 Å². The van der Waals surface area contributed by atoms with Crippen LogP contribution in [0.1, 0.15) is 26.2 Å². The number of nitrogens with zero attached hydrogens (tertiary/aromatic N) is 1. The Balaban J connectivity index is 1.78. The summed E-state index contributed by atoms with van der Waals surface area (Å²) in [5.74, 6) is 1.51. The van der Waals surface area contributed by atoms with Crippen LogP contribution in [0, 0.1) is 5.92 Å². The molecule has 4 nitrogen and oxygen atoms in total. The first-order valence-electron chi connectivity index (χ1n) is 7.70. The number of carbonyl (C=O) groups excluding carboxylic acids is 1. The number of methoxy groups -OCH3 is 1. The van der Waals surface area contributed by atoms with Gasteiger partial charge in [-0.15, -0.1) is 0 Å². The lowest BCUT2D eigenvalue weighted by Gasteiger charge is -2.33. The Hall–Kier alpha value is -1.55. The van der Waals surface area contributed by atoms with Crippen LogP contribution < -0.4 is 4.74 Å². The lowest BCUT2D eigenvalue weighted by atomic mass is 9.94. The molecule has 1 fully saturated rings. The summed E-state index contributed by atoms with van der Waals surface area (Å²) in [7, 11) is 1.74. The van der Waals surface area contributed by atoms with Crippen molar-refractivity contribution in [2.75, 3.05) is 26.8 Å². The van der Waals surface area contributed by atoms with E-state index in [-0.39, 0.29) is 5.91 Å². The first-order chi connectivity index (χ1) is 10.2. The number of piperidine rings is 1. The van der Waals surface area contributed by atoms with Crippen LogP contribution in [0.2, 0.25) is 0 Å². The van der Waals surface area contributed by atoms with Gasteiger partial charge < -0.3 is 14.4 Å². The summed E-state index contributed by atoms with van der Waals surface area (Å²) >= 11 is 0. The maximum Gasteiger partial charge on any atom is 0.263 e. The molecule has 116 valence electrons. The summed E-state index contributed by atoms with van der Waals surface area (Å²) in [6, 6.07) is 9.51. The largest absolute Gasteiger partial charge is 0.481 e. The van der Waals surface area contributed by atoms with E-state index >= 15 is 0 Å². The molecule has 1 atom stereocenters. The zero-order valence-electron chi connectivity index (χ0n) is 13.0. The van der Waals surface area contributed by atoms with Crippen LogP contribution in [0.15, 0.2) is 30.3 Å². The minimum atomic E-state index is -0.428. The molecule has 0 aliphatic carbocycles. The van der Waals surface area contributed by atoms with E-state index in [4.69, 9.17) is 9.47 Å². The maximum atomic E-state index is 12.4. The Bertz CT molecular complexity index is 427. The van der Waals surface area contributed by atoms with Gasteiger partial charge in [0.25, 0.3) is 5.91 Å². The number of hydrogen-bond donors (Lipinski definition) is 0. The third-order valence-electron chi connectivity index (χ3n) is 4.06. The molecule has 0 saturated carbocycles. The van der Waals surface area contributed by atoms with E-state index in [1.165, 1.54) is 0 Å². The topological polar surface area (TPSA) is 38.8 Å². The first-order valence-corrected chi connectivity index (χ1v) is 7.70. The molecule has 1 aliphatic heterocycles. The molecule has 21 heavy (non-hydrogen) atoms. The Morgan fingerprint density at radius 2 is 1.95 bits per heavy atom. The van der Waals surface area contributed by atoms with Gasteiger partial charge in [0, 0.05) is 26.8 Å². The standard InChI is InChI=1S/C17H25NO3/c1-14(21-16-6-4-3-5-7-16)17(19)18-11-8-15(9-12-18)10-13-20-2/h3-7,14-15H,8-13H2,1-2H3. The summed E-state index contributed by atoms with van der Waals surface area (Å²) in [6.45, 7) is 4.30. The highest BCUT2D eigenvalue weighted by atomic mass is 16.5. The highest BCUT2D eigenvalue weighted by Crippen LogP contribution is 2.21. The normalized spacial score (nSPS) is 17.5. The summed E-state index contributed by atoms with van der Waals surface area (Å²) in [4.78, 5) is 14.3. The molecule has 0 bridgehead atoms. The number of ether oxygens (including phenoxy) is 2. The van der Waals surface area contributed by atoms with Crippen molar-refractivity contribution in [3.05, 3.63) is 30.3 Å². The minimum Gasteiger partial charge on any atom is -0.481 e. The molecular weight excluding hydrogens is 266 g/mol. The van der Waals surface area contributed by atoms with E-state index < -0.39 is 6.10 Å². The van der Waals surface area contributed by atoms with Crippen LogP contribution in [0.25, 0.3) is 0 Å². The Morgan fingerprint density at radius 1 is 1.29 bits per heavy atom. The second-order valence-corrected chi connectivity index (χ2v) is 5.62. The average molecular weight is 291 g/mol. The van der Waals surface area contributed by atoms with Gasteiger partial charge in [-0.3, -0.25) is 4.79 Å². The van der Waals surface area contributed by atoms with Crippen molar-refractivity contribution in [2.45, 2.75) is 32.3 Å². The number of benzene rings is 1. The summed E-state index contributed by atoms with van der Waals surface area (Å²) in [5.41, 5.74) is 0. The van der Waals surface area contributed by atoms with Gasteiger partial charge in [0.15, 0.2) is 6.10 Å². The molecule has 0 aromatic heterocycles. The second-order valence-electron chi connectivity index (χ2n) is 5.62. The molecule has 2 rings (SSSR count). The molecule has 1 unspecified atom stereocenters. The molecule has 1 aliphatic rings. The number of amides is 1. The van der Waals surface area contributed by atoms with Crippen molar-refractivity contribution in [1.82, 2.24) is 4.90 Å². The molecule has 1 heterocycles. The number of carbonyl (C=O) groups is 1. The fourth-order valence-corrected chi connectivity index (χ4v) is 2.74. The predicted octanol–water partition coefficient (Wildman–Crippen LogP) is 2.73. The van der Waals surface area contributed by atoms with Crippen molar-refractivity contribution >= 4 is 5.91 Å². The van der Waals surface area contributed by atoms with Gasteiger partial charge >= 0.3 is 0 Å². The predicted molar refractivity (Wildman–Crippen MR) is 82.3 cm³/mol. The van der Waals surface area contributed by atoms with E-state index in [2.05, 4.69) is 0 Å². The fraction of sp³-hybridized carbons (Fsp3) is 0.588. The Morgan fingerprint density at radius 3 is 2.57 bits per heavy atom. The van der Waals surface area contributed by atoms with Crippen LogP contribution in [0.4, 0.5) is 0 Å². The molecule has 4 heteroatoms. The lowest BCUT2D eigenvalue weighted by Crippen LogP contribution is -2.44. The van der Waals surface area contributed by atoms with Gasteiger partial charge in [-0.1, -0.05) is 18.2 Å². The van der Waals surface area contributed by atoms with Crippen molar-refractivity contribution in [3.8, 4) is 5.75 Å². The number of hydrogen-bond acceptors (Lipinski definition) is 3. The van der Waals surface area contributed by atoms with E-state index in [1.807, 2.05) is 42.2 Å². The molecule has 1 saturated heterocycles. The highest BCUT2D eigenvalue weighted by Gasteiger charge is 2.26. The third-order valence-corrected chi connectivity index (χ3v) is 4.06. The van der Waals surface area contributed by atoms with Gasteiger partial charge in [-0.05, 0) is 44.2 Å². The Labute approximate surface area is 127 Å². The van der Waals surface area contributed by atoms with Crippen LogP contribution >= 0.6 is 0 Å². The van der Waals surface area contributed by atoms with E-state index in [1.54, 1.807) is 7.11 Å². The Kier molecular flexibility index (Phi) is 6.05. The molecule has 1 aromatic carbocycles. The molecule has 1 amide bonds. The van der Waals surface area contributed by atoms with Gasteiger partial charge in [0.05, 0.1) is 0 Å². The maximum absolute atomic E-state index is 12.4. The summed E-state index contributed by atoms with van der Waals surface area (Å²) in [5, 5.41) is 0. The van der Waals surface area contributed by atoms with Crippen molar-refractivity contribution < 1.29 is 14.3 Å². The molecule has 0 radical (unpaired) electrons. The van der Waals surface area contributed by atoms with Gasteiger partial charge in [-0.2, -0.15) is 0 Å². The lowest BCUT2D eigenvalue weighted by molar-refractivity contribution is -0.139. The quantitative estimate of drug-likeness (QED) is 0.809. The molecule has 1 aromatic rings. The highest BCUT2D eigenvalue weighted by molar-refractivity contribution is 5.81.